The largest absolute Gasteiger partial charge is 0.497 e. The number of nitrogens with one attached hydrogen (secondary N) is 1. The first-order valence-electron chi connectivity index (χ1n) is 8.74. The molecule has 1 amide bonds. The van der Waals surface area contributed by atoms with E-state index in [2.05, 4.69) is 10.4 Å². The van der Waals surface area contributed by atoms with Gasteiger partial charge in [0.25, 0.3) is 5.91 Å². The quantitative estimate of drug-likeness (QED) is 0.791. The molecular weight excluding hydrogens is 302 g/mol. The summed E-state index contributed by atoms with van der Waals surface area (Å²) in [6.07, 6.45) is 9.55. The van der Waals surface area contributed by atoms with Crippen molar-refractivity contribution in [3.05, 3.63) is 42.2 Å². The van der Waals surface area contributed by atoms with Gasteiger partial charge in [-0.3, -0.25) is 4.79 Å². The molecule has 0 bridgehead atoms. The van der Waals surface area contributed by atoms with E-state index in [-0.39, 0.29) is 5.91 Å². The maximum atomic E-state index is 12.2. The molecule has 1 N–H and O–H groups in total. The smallest absolute Gasteiger partial charge is 0.271 e. The van der Waals surface area contributed by atoms with Gasteiger partial charge in [0.1, 0.15) is 5.75 Å². The molecule has 1 saturated carbocycles. The summed E-state index contributed by atoms with van der Waals surface area (Å²) < 4.78 is 6.85. The van der Waals surface area contributed by atoms with E-state index >= 15 is 0 Å². The summed E-state index contributed by atoms with van der Waals surface area (Å²) in [5, 5.41) is 7.33. The minimum atomic E-state index is -0.103. The van der Waals surface area contributed by atoms with Gasteiger partial charge < -0.3 is 10.1 Å². The molecule has 5 heteroatoms. The number of methoxy groups -OCH3 is 1. The van der Waals surface area contributed by atoms with Gasteiger partial charge in [0.2, 0.25) is 0 Å². The molecule has 0 spiro atoms. The third kappa shape index (κ3) is 4.16. The highest BCUT2D eigenvalue weighted by molar-refractivity contribution is 5.92. The Kier molecular flexibility index (Phi) is 5.51. The maximum Gasteiger partial charge on any atom is 0.271 e. The van der Waals surface area contributed by atoms with Crippen molar-refractivity contribution in [3.8, 4) is 11.4 Å². The Bertz CT molecular complexity index is 658. The van der Waals surface area contributed by atoms with Gasteiger partial charge in [0, 0.05) is 12.7 Å². The van der Waals surface area contributed by atoms with Crippen LogP contribution in [0, 0.1) is 5.92 Å². The van der Waals surface area contributed by atoms with Crippen LogP contribution in [0.15, 0.2) is 36.5 Å². The molecule has 128 valence electrons. The second kappa shape index (κ2) is 7.99. The summed E-state index contributed by atoms with van der Waals surface area (Å²) in [5.74, 6) is 1.57. The number of carbonyl (C=O) groups is 1. The first-order valence-corrected chi connectivity index (χ1v) is 8.74. The van der Waals surface area contributed by atoms with Crippen LogP contribution in [0.4, 0.5) is 0 Å². The zero-order valence-corrected chi connectivity index (χ0v) is 14.2. The third-order valence-corrected chi connectivity index (χ3v) is 4.71. The van der Waals surface area contributed by atoms with E-state index in [1.165, 1.54) is 32.1 Å². The minimum absolute atomic E-state index is 0.103. The van der Waals surface area contributed by atoms with Crippen LogP contribution >= 0.6 is 0 Å². The average molecular weight is 327 g/mol. The molecule has 1 fully saturated rings. The Balaban J connectivity index is 1.49. The Labute approximate surface area is 143 Å². The lowest BCUT2D eigenvalue weighted by molar-refractivity contribution is 0.0947. The summed E-state index contributed by atoms with van der Waals surface area (Å²) in [6, 6.07) is 9.32. The van der Waals surface area contributed by atoms with E-state index in [4.69, 9.17) is 4.74 Å². The Morgan fingerprint density at radius 2 is 2.00 bits per heavy atom. The van der Waals surface area contributed by atoms with Crippen molar-refractivity contribution in [2.75, 3.05) is 13.7 Å². The summed E-state index contributed by atoms with van der Waals surface area (Å²) in [5.41, 5.74) is 1.35. The van der Waals surface area contributed by atoms with Crippen molar-refractivity contribution < 1.29 is 9.53 Å². The van der Waals surface area contributed by atoms with Crippen molar-refractivity contribution >= 4 is 5.91 Å². The van der Waals surface area contributed by atoms with Gasteiger partial charge in [-0.05, 0) is 49.1 Å². The monoisotopic (exact) mass is 327 g/mol. The summed E-state index contributed by atoms with van der Waals surface area (Å²) in [7, 11) is 1.64. The number of ether oxygens (including phenoxy) is 1. The van der Waals surface area contributed by atoms with E-state index < -0.39 is 0 Å². The third-order valence-electron chi connectivity index (χ3n) is 4.71. The zero-order chi connectivity index (χ0) is 16.8. The fourth-order valence-electron chi connectivity index (χ4n) is 3.31. The van der Waals surface area contributed by atoms with E-state index in [1.54, 1.807) is 24.1 Å². The van der Waals surface area contributed by atoms with Crippen molar-refractivity contribution in [2.24, 2.45) is 5.92 Å². The van der Waals surface area contributed by atoms with Crippen molar-refractivity contribution in [1.29, 1.82) is 0 Å². The summed E-state index contributed by atoms with van der Waals surface area (Å²) in [4.78, 5) is 12.2. The van der Waals surface area contributed by atoms with Gasteiger partial charge in [-0.25, -0.2) is 4.68 Å². The molecule has 24 heavy (non-hydrogen) atoms. The van der Waals surface area contributed by atoms with Gasteiger partial charge >= 0.3 is 0 Å². The average Bonchev–Trinajstić information content (AvgIpc) is 3.30. The normalized spacial score (nSPS) is 14.7. The summed E-state index contributed by atoms with van der Waals surface area (Å²) in [6.45, 7) is 0.727. The predicted molar refractivity (Wildman–Crippen MR) is 93.6 cm³/mol. The van der Waals surface area contributed by atoms with Crippen LogP contribution in [-0.4, -0.2) is 29.3 Å². The summed E-state index contributed by atoms with van der Waals surface area (Å²) >= 11 is 0. The highest BCUT2D eigenvalue weighted by Gasteiger charge is 2.15. The van der Waals surface area contributed by atoms with Crippen LogP contribution in [0.25, 0.3) is 5.69 Å². The molecule has 1 aliphatic carbocycles. The van der Waals surface area contributed by atoms with Gasteiger partial charge in [-0.1, -0.05) is 25.7 Å². The predicted octanol–water partition coefficient (Wildman–Crippen LogP) is 3.58. The molecule has 1 aliphatic rings. The van der Waals surface area contributed by atoms with Crippen LogP contribution in [0.5, 0.6) is 5.75 Å². The van der Waals surface area contributed by atoms with Crippen molar-refractivity contribution in [3.63, 3.8) is 0 Å². The molecule has 1 aromatic carbocycles. The molecule has 0 unspecified atom stereocenters. The van der Waals surface area contributed by atoms with Crippen LogP contribution in [0.2, 0.25) is 0 Å². The highest BCUT2D eigenvalue weighted by atomic mass is 16.5. The number of carbonyl (C=O) groups excluding carboxylic acids is 1. The van der Waals surface area contributed by atoms with E-state index in [0.717, 1.165) is 30.3 Å². The molecule has 0 radical (unpaired) electrons. The molecule has 0 aliphatic heterocycles. The molecule has 0 saturated heterocycles. The van der Waals surface area contributed by atoms with Gasteiger partial charge in [-0.15, -0.1) is 0 Å². The standard InChI is InChI=1S/C19H25N3O2/c1-24-17-10-8-16(9-11-17)22-14-12-18(21-22)19(23)20-13-4-7-15-5-2-3-6-15/h8-12,14-15H,2-7,13H2,1H3,(H,20,23). The fraction of sp³-hybridized carbons (Fsp3) is 0.474. The lowest BCUT2D eigenvalue weighted by Gasteiger charge is -2.08. The first kappa shape index (κ1) is 16.6. The van der Waals surface area contributed by atoms with Gasteiger partial charge in [0.15, 0.2) is 5.69 Å². The lowest BCUT2D eigenvalue weighted by Crippen LogP contribution is -2.25. The number of benzene rings is 1. The Morgan fingerprint density at radius 3 is 2.71 bits per heavy atom. The number of rotatable bonds is 7. The number of hydrogen-bond acceptors (Lipinski definition) is 3. The van der Waals surface area contributed by atoms with Crippen molar-refractivity contribution in [1.82, 2.24) is 15.1 Å². The Morgan fingerprint density at radius 1 is 1.25 bits per heavy atom. The van der Waals surface area contributed by atoms with E-state index in [1.807, 2.05) is 24.3 Å². The number of hydrogen-bond donors (Lipinski definition) is 1. The molecule has 2 aromatic rings. The second-order valence-electron chi connectivity index (χ2n) is 6.39. The number of amides is 1. The first-order chi connectivity index (χ1) is 11.8. The molecule has 5 nitrogen and oxygen atoms in total. The molecule has 1 heterocycles. The Hall–Kier alpha value is -2.30. The van der Waals surface area contributed by atoms with E-state index in [9.17, 15) is 4.79 Å². The maximum absolute atomic E-state index is 12.2. The SMILES string of the molecule is COc1ccc(-n2ccc(C(=O)NCCCC3CCCC3)n2)cc1. The second-order valence-corrected chi connectivity index (χ2v) is 6.39. The number of nitrogens with zero attached hydrogens (tertiary/aromatic N) is 2. The van der Waals surface area contributed by atoms with Crippen LogP contribution < -0.4 is 10.1 Å². The van der Waals surface area contributed by atoms with Crippen LogP contribution in [0.1, 0.15) is 49.0 Å². The zero-order valence-electron chi connectivity index (χ0n) is 14.2. The van der Waals surface area contributed by atoms with E-state index in [0.29, 0.717) is 5.69 Å². The molecule has 1 aromatic heterocycles. The highest BCUT2D eigenvalue weighted by Crippen LogP contribution is 2.28. The minimum Gasteiger partial charge on any atom is -0.497 e. The van der Waals surface area contributed by atoms with Crippen LogP contribution in [0.3, 0.4) is 0 Å². The lowest BCUT2D eigenvalue weighted by atomic mass is 10.0. The molecular formula is C19H25N3O2. The fourth-order valence-corrected chi connectivity index (χ4v) is 3.31. The number of aromatic nitrogens is 2. The molecule has 3 rings (SSSR count). The van der Waals surface area contributed by atoms with Crippen molar-refractivity contribution in [2.45, 2.75) is 38.5 Å². The van der Waals surface area contributed by atoms with Gasteiger partial charge in [-0.2, -0.15) is 5.10 Å². The topological polar surface area (TPSA) is 56.1 Å². The van der Waals surface area contributed by atoms with Gasteiger partial charge in [0.05, 0.1) is 12.8 Å². The van der Waals surface area contributed by atoms with Crippen LogP contribution in [-0.2, 0) is 0 Å². The molecule has 0 atom stereocenters.